The van der Waals surface area contributed by atoms with Crippen LogP contribution in [0.3, 0.4) is 0 Å². The summed E-state index contributed by atoms with van der Waals surface area (Å²) in [5, 5.41) is 0.963. The minimum Gasteiger partial charge on any atom is -0.256 e. The average molecular weight is 318 g/mol. The third-order valence-corrected chi connectivity index (χ3v) is 6.07. The number of para-hydroxylation sites is 1. The summed E-state index contributed by atoms with van der Waals surface area (Å²) in [7, 11) is -3.46. The molecule has 6 heteroatoms. The van der Waals surface area contributed by atoms with Crippen molar-refractivity contribution in [2.24, 2.45) is 0 Å². The fraction of sp³-hybridized carbons (Fsp3) is 0.133. The maximum absolute atomic E-state index is 12.2. The summed E-state index contributed by atoms with van der Waals surface area (Å²) in [5.41, 5.74) is 1.78. The number of aryl methyl sites for hydroxylation is 1. The van der Waals surface area contributed by atoms with Crippen LogP contribution in [0, 0.1) is 6.92 Å². The smallest absolute Gasteiger partial charge is 0.250 e. The maximum Gasteiger partial charge on any atom is 0.250 e. The first-order valence-corrected chi connectivity index (χ1v) is 8.75. The fourth-order valence-electron chi connectivity index (χ4n) is 2.11. The minimum atomic E-state index is -3.46. The van der Waals surface area contributed by atoms with Crippen molar-refractivity contribution in [3.63, 3.8) is 0 Å². The Morgan fingerprint density at radius 3 is 2.71 bits per heavy atom. The molecule has 0 saturated carbocycles. The molecule has 3 aromatic rings. The van der Waals surface area contributed by atoms with Gasteiger partial charge in [0.25, 0.3) is 0 Å². The van der Waals surface area contributed by atoms with Gasteiger partial charge in [0, 0.05) is 23.0 Å². The van der Waals surface area contributed by atoms with E-state index in [9.17, 15) is 8.42 Å². The van der Waals surface area contributed by atoms with Gasteiger partial charge in [-0.25, -0.2) is 13.1 Å². The van der Waals surface area contributed by atoms with Crippen LogP contribution in [-0.2, 0) is 16.6 Å². The van der Waals surface area contributed by atoms with E-state index in [1.807, 2.05) is 37.3 Å². The molecule has 0 bridgehead atoms. The average Bonchev–Trinajstić information content (AvgIpc) is 2.93. The van der Waals surface area contributed by atoms with E-state index in [1.54, 1.807) is 18.3 Å². The quantitative estimate of drug-likeness (QED) is 0.804. The Kier molecular flexibility index (Phi) is 3.75. The topological polar surface area (TPSA) is 59.1 Å². The van der Waals surface area contributed by atoms with Crippen molar-refractivity contribution in [3.8, 4) is 0 Å². The molecule has 3 rings (SSSR count). The number of benzene rings is 1. The maximum atomic E-state index is 12.2. The zero-order valence-electron chi connectivity index (χ0n) is 11.4. The van der Waals surface area contributed by atoms with Crippen molar-refractivity contribution in [1.29, 1.82) is 0 Å². The molecule has 0 spiro atoms. The SMILES string of the molecule is Cc1ccc(S(=O)(=O)NCc2ccnc3ccccc23)s1. The predicted octanol–water partition coefficient (Wildman–Crippen LogP) is 3.08. The van der Waals surface area contributed by atoms with E-state index in [1.165, 1.54) is 11.3 Å². The van der Waals surface area contributed by atoms with Gasteiger partial charge in [0.15, 0.2) is 0 Å². The van der Waals surface area contributed by atoms with E-state index in [4.69, 9.17) is 0 Å². The van der Waals surface area contributed by atoms with Gasteiger partial charge in [-0.3, -0.25) is 4.98 Å². The Hall–Kier alpha value is -1.76. The zero-order chi connectivity index (χ0) is 14.9. The van der Waals surface area contributed by atoms with E-state index >= 15 is 0 Å². The first kappa shape index (κ1) is 14.2. The summed E-state index contributed by atoms with van der Waals surface area (Å²) in [6, 6.07) is 13.0. The third-order valence-electron chi connectivity index (χ3n) is 3.17. The first-order valence-electron chi connectivity index (χ1n) is 6.45. The lowest BCUT2D eigenvalue weighted by Crippen LogP contribution is -2.22. The second-order valence-corrected chi connectivity index (χ2v) is 7.96. The van der Waals surface area contributed by atoms with Gasteiger partial charge >= 0.3 is 0 Å². The first-order chi connectivity index (χ1) is 10.1. The second kappa shape index (κ2) is 5.55. The van der Waals surface area contributed by atoms with Gasteiger partial charge in [-0.1, -0.05) is 18.2 Å². The number of aromatic nitrogens is 1. The van der Waals surface area contributed by atoms with E-state index in [-0.39, 0.29) is 6.54 Å². The molecular formula is C15H14N2O2S2. The fourth-order valence-corrected chi connectivity index (χ4v) is 4.44. The van der Waals surface area contributed by atoms with Crippen LogP contribution in [0.2, 0.25) is 0 Å². The van der Waals surface area contributed by atoms with E-state index in [0.29, 0.717) is 4.21 Å². The number of pyridine rings is 1. The van der Waals surface area contributed by atoms with E-state index in [0.717, 1.165) is 21.3 Å². The Labute approximate surface area is 127 Å². The minimum absolute atomic E-state index is 0.252. The number of hydrogen-bond donors (Lipinski definition) is 1. The van der Waals surface area contributed by atoms with Crippen LogP contribution in [0.4, 0.5) is 0 Å². The molecule has 4 nitrogen and oxygen atoms in total. The van der Waals surface area contributed by atoms with Gasteiger partial charge in [-0.15, -0.1) is 11.3 Å². The van der Waals surface area contributed by atoms with Crippen molar-refractivity contribution in [2.45, 2.75) is 17.7 Å². The molecule has 0 amide bonds. The zero-order valence-corrected chi connectivity index (χ0v) is 13.0. The summed E-state index contributed by atoms with van der Waals surface area (Å²) in [6.45, 7) is 2.14. The standard InChI is InChI=1S/C15H14N2O2S2/c1-11-6-7-15(20-11)21(18,19)17-10-12-8-9-16-14-5-3-2-4-13(12)14/h2-9,17H,10H2,1H3. The van der Waals surface area contributed by atoms with Gasteiger partial charge in [-0.2, -0.15) is 0 Å². The monoisotopic (exact) mass is 318 g/mol. The second-order valence-electron chi connectivity index (χ2n) is 4.68. The number of thiophene rings is 1. The number of nitrogens with one attached hydrogen (secondary N) is 1. The van der Waals surface area contributed by atoms with Crippen LogP contribution in [0.1, 0.15) is 10.4 Å². The van der Waals surface area contributed by atoms with Crippen LogP contribution in [0.5, 0.6) is 0 Å². The summed E-state index contributed by atoms with van der Waals surface area (Å²) >= 11 is 1.27. The summed E-state index contributed by atoms with van der Waals surface area (Å²) in [5.74, 6) is 0. The van der Waals surface area contributed by atoms with Crippen LogP contribution < -0.4 is 4.72 Å². The van der Waals surface area contributed by atoms with Gasteiger partial charge in [-0.05, 0) is 36.8 Å². The highest BCUT2D eigenvalue weighted by molar-refractivity contribution is 7.91. The number of hydrogen-bond acceptors (Lipinski definition) is 4. The highest BCUT2D eigenvalue weighted by atomic mass is 32.2. The number of nitrogens with zero attached hydrogens (tertiary/aromatic N) is 1. The summed E-state index contributed by atoms with van der Waals surface area (Å²) < 4.78 is 27.5. The molecule has 1 N–H and O–H groups in total. The summed E-state index contributed by atoms with van der Waals surface area (Å²) in [4.78, 5) is 5.25. The van der Waals surface area contributed by atoms with Gasteiger partial charge in [0.1, 0.15) is 4.21 Å². The van der Waals surface area contributed by atoms with Crippen LogP contribution in [-0.4, -0.2) is 13.4 Å². The Morgan fingerprint density at radius 1 is 1.14 bits per heavy atom. The van der Waals surface area contributed by atoms with Crippen LogP contribution in [0.15, 0.2) is 52.9 Å². The molecule has 0 aliphatic rings. The molecule has 0 saturated heterocycles. The van der Waals surface area contributed by atoms with Gasteiger partial charge in [0.2, 0.25) is 10.0 Å². The number of rotatable bonds is 4. The molecule has 0 radical (unpaired) electrons. The molecule has 108 valence electrons. The van der Waals surface area contributed by atoms with E-state index < -0.39 is 10.0 Å². The van der Waals surface area contributed by atoms with Crippen molar-refractivity contribution in [1.82, 2.24) is 9.71 Å². The molecule has 0 aliphatic carbocycles. The van der Waals surface area contributed by atoms with Crippen molar-refractivity contribution < 1.29 is 8.42 Å². The highest BCUT2D eigenvalue weighted by Gasteiger charge is 2.16. The predicted molar refractivity (Wildman–Crippen MR) is 84.8 cm³/mol. The van der Waals surface area contributed by atoms with E-state index in [2.05, 4.69) is 9.71 Å². The molecular weight excluding hydrogens is 304 g/mol. The number of fused-ring (bicyclic) bond motifs is 1. The third kappa shape index (κ3) is 2.97. The lowest BCUT2D eigenvalue weighted by Gasteiger charge is -2.07. The van der Waals surface area contributed by atoms with Crippen molar-refractivity contribution >= 4 is 32.3 Å². The highest BCUT2D eigenvalue weighted by Crippen LogP contribution is 2.21. The molecule has 0 unspecified atom stereocenters. The Morgan fingerprint density at radius 2 is 1.95 bits per heavy atom. The largest absolute Gasteiger partial charge is 0.256 e. The lowest BCUT2D eigenvalue weighted by molar-refractivity contribution is 0.583. The van der Waals surface area contributed by atoms with Crippen LogP contribution >= 0.6 is 11.3 Å². The van der Waals surface area contributed by atoms with Gasteiger partial charge in [0.05, 0.1) is 5.52 Å². The van der Waals surface area contributed by atoms with Crippen LogP contribution in [0.25, 0.3) is 10.9 Å². The molecule has 21 heavy (non-hydrogen) atoms. The summed E-state index contributed by atoms with van der Waals surface area (Å²) in [6.07, 6.45) is 1.70. The molecule has 0 atom stereocenters. The molecule has 0 fully saturated rings. The van der Waals surface area contributed by atoms with Crippen molar-refractivity contribution in [3.05, 3.63) is 59.1 Å². The molecule has 0 aliphatic heterocycles. The number of sulfonamides is 1. The normalized spacial score (nSPS) is 11.9. The molecule has 2 heterocycles. The van der Waals surface area contributed by atoms with Gasteiger partial charge < -0.3 is 0 Å². The Balaban J connectivity index is 1.87. The lowest BCUT2D eigenvalue weighted by atomic mass is 10.1. The molecule has 2 aromatic heterocycles. The Bertz CT molecular complexity index is 880. The van der Waals surface area contributed by atoms with Crippen molar-refractivity contribution in [2.75, 3.05) is 0 Å². The molecule has 1 aromatic carbocycles.